The maximum Gasteiger partial charge on any atom is 0.308 e. The summed E-state index contributed by atoms with van der Waals surface area (Å²) in [5.74, 6) is -0.375. The molecule has 0 aliphatic heterocycles. The van der Waals surface area contributed by atoms with E-state index in [0.29, 0.717) is 5.03 Å². The third-order valence-corrected chi connectivity index (χ3v) is 0.592. The van der Waals surface area contributed by atoms with E-state index in [1.54, 1.807) is 6.92 Å². The fraction of sp³-hybridized carbons (Fsp3) is 0.333. The molecule has 9 heavy (non-hydrogen) atoms. The summed E-state index contributed by atoms with van der Waals surface area (Å²) in [4.78, 5) is 10.1. The van der Waals surface area contributed by atoms with E-state index >= 15 is 0 Å². The largest absolute Gasteiger partial charge is 0.426 e. The number of hydrogen-bond donors (Lipinski definition) is 0. The molecule has 0 aromatic carbocycles. The highest BCUT2D eigenvalue weighted by molar-refractivity contribution is 6.29. The van der Waals surface area contributed by atoms with Crippen LogP contribution in [0.2, 0.25) is 0 Å². The molecule has 0 aliphatic carbocycles. The van der Waals surface area contributed by atoms with Crippen molar-refractivity contribution >= 4 is 17.6 Å². The van der Waals surface area contributed by atoms with Crippen LogP contribution in [0.4, 0.5) is 0 Å². The summed E-state index contributed by atoms with van der Waals surface area (Å²) in [6, 6.07) is 0. The highest BCUT2D eigenvalue weighted by Gasteiger charge is 1.82. The average molecular weight is 147 g/mol. The van der Waals surface area contributed by atoms with E-state index in [1.807, 2.05) is 0 Å². The number of allylic oxidation sites excluding steroid dienone is 1. The standard InChI is InChI=1S/C6H7ClO2/c1-5(7)3-4-9-6(2)8/h4H,1-2H3. The van der Waals surface area contributed by atoms with Gasteiger partial charge in [-0.25, -0.2) is 0 Å². The fourth-order valence-corrected chi connectivity index (χ4v) is 0.238. The van der Waals surface area contributed by atoms with Crippen molar-refractivity contribution in [3.05, 3.63) is 17.0 Å². The van der Waals surface area contributed by atoms with Crippen LogP contribution in [0.25, 0.3) is 0 Å². The quantitative estimate of drug-likeness (QED) is 0.320. The van der Waals surface area contributed by atoms with Crippen molar-refractivity contribution in [2.75, 3.05) is 0 Å². The molecule has 2 nitrogen and oxygen atoms in total. The number of carbonyl (C=O) groups is 1. The molecular formula is C6H7ClO2. The predicted molar refractivity (Wildman–Crippen MR) is 34.9 cm³/mol. The van der Waals surface area contributed by atoms with E-state index in [-0.39, 0.29) is 5.97 Å². The summed E-state index contributed by atoms with van der Waals surface area (Å²) in [6.45, 7) is 2.95. The Kier molecular flexibility index (Phi) is 3.85. The second kappa shape index (κ2) is 4.19. The van der Waals surface area contributed by atoms with Crippen molar-refractivity contribution in [3.63, 3.8) is 0 Å². The van der Waals surface area contributed by atoms with Crippen molar-refractivity contribution < 1.29 is 9.53 Å². The molecule has 50 valence electrons. The van der Waals surface area contributed by atoms with E-state index in [1.165, 1.54) is 6.92 Å². The Balaban J connectivity index is 3.74. The lowest BCUT2D eigenvalue weighted by atomic mass is 10.7. The van der Waals surface area contributed by atoms with Crippen molar-refractivity contribution in [1.82, 2.24) is 0 Å². The lowest BCUT2D eigenvalue weighted by Gasteiger charge is -1.84. The molecule has 0 spiro atoms. The highest BCUT2D eigenvalue weighted by atomic mass is 35.5. The van der Waals surface area contributed by atoms with E-state index in [4.69, 9.17) is 11.6 Å². The summed E-state index contributed by atoms with van der Waals surface area (Å²) >= 11 is 5.34. The van der Waals surface area contributed by atoms with Crippen LogP contribution in [-0.2, 0) is 9.53 Å². The van der Waals surface area contributed by atoms with Gasteiger partial charge in [0.05, 0.1) is 5.03 Å². The first-order valence-electron chi connectivity index (χ1n) is 2.37. The normalized spacial score (nSPS) is 7.44. The van der Waals surface area contributed by atoms with Crippen LogP contribution < -0.4 is 0 Å². The van der Waals surface area contributed by atoms with Crippen molar-refractivity contribution in [3.8, 4) is 0 Å². The Labute approximate surface area is 58.8 Å². The van der Waals surface area contributed by atoms with Crippen molar-refractivity contribution in [1.29, 1.82) is 0 Å². The summed E-state index contributed by atoms with van der Waals surface area (Å²) in [5, 5.41) is 0.455. The van der Waals surface area contributed by atoms with Crippen LogP contribution in [0.3, 0.4) is 0 Å². The molecule has 0 heterocycles. The second-order valence-electron chi connectivity index (χ2n) is 1.41. The highest BCUT2D eigenvalue weighted by Crippen LogP contribution is 1.93. The Bertz CT molecular complexity index is 162. The van der Waals surface area contributed by atoms with Gasteiger partial charge in [-0.1, -0.05) is 17.3 Å². The Morgan fingerprint density at radius 3 is 2.56 bits per heavy atom. The molecule has 0 rings (SSSR count). The van der Waals surface area contributed by atoms with Crippen molar-refractivity contribution in [2.24, 2.45) is 0 Å². The van der Waals surface area contributed by atoms with Crippen LogP contribution in [-0.4, -0.2) is 5.97 Å². The van der Waals surface area contributed by atoms with Gasteiger partial charge in [0.1, 0.15) is 6.26 Å². The molecule has 0 unspecified atom stereocenters. The first-order valence-corrected chi connectivity index (χ1v) is 2.75. The molecule has 0 atom stereocenters. The smallest absolute Gasteiger partial charge is 0.308 e. The van der Waals surface area contributed by atoms with Crippen LogP contribution in [0.15, 0.2) is 17.0 Å². The van der Waals surface area contributed by atoms with Crippen LogP contribution in [0, 0.1) is 0 Å². The van der Waals surface area contributed by atoms with Gasteiger partial charge in [-0.2, -0.15) is 0 Å². The summed E-state index contributed by atoms with van der Waals surface area (Å²) < 4.78 is 4.37. The number of ether oxygens (including phenoxy) is 1. The molecule has 0 fully saturated rings. The average Bonchev–Trinajstić information content (AvgIpc) is 1.63. The van der Waals surface area contributed by atoms with Gasteiger partial charge >= 0.3 is 5.97 Å². The maximum atomic E-state index is 10.1. The Morgan fingerprint density at radius 1 is 1.67 bits per heavy atom. The Morgan fingerprint density at radius 2 is 2.22 bits per heavy atom. The molecule has 0 saturated carbocycles. The molecule has 0 radical (unpaired) electrons. The number of halogens is 1. The van der Waals surface area contributed by atoms with Gasteiger partial charge in [-0.05, 0) is 6.92 Å². The topological polar surface area (TPSA) is 26.3 Å². The third-order valence-electron chi connectivity index (χ3n) is 0.483. The van der Waals surface area contributed by atoms with Gasteiger partial charge in [-0.3, -0.25) is 4.79 Å². The number of hydrogen-bond acceptors (Lipinski definition) is 2. The summed E-state index contributed by atoms with van der Waals surface area (Å²) in [5.41, 5.74) is 2.49. The zero-order chi connectivity index (χ0) is 7.28. The maximum absolute atomic E-state index is 10.1. The lowest BCUT2D eigenvalue weighted by molar-refractivity contribution is -0.135. The van der Waals surface area contributed by atoms with Gasteiger partial charge < -0.3 is 4.74 Å². The van der Waals surface area contributed by atoms with E-state index in [2.05, 4.69) is 10.5 Å². The summed E-state index contributed by atoms with van der Waals surface area (Å²) in [7, 11) is 0. The van der Waals surface area contributed by atoms with Crippen molar-refractivity contribution in [2.45, 2.75) is 13.8 Å². The number of rotatable bonds is 1. The van der Waals surface area contributed by atoms with Gasteiger partial charge in [-0.15, -0.1) is 0 Å². The van der Waals surface area contributed by atoms with Crippen LogP contribution in [0.5, 0.6) is 0 Å². The molecule has 3 heteroatoms. The minimum absolute atomic E-state index is 0.375. The second-order valence-corrected chi connectivity index (χ2v) is 1.97. The summed E-state index contributed by atoms with van der Waals surface area (Å²) in [6.07, 6.45) is 1.13. The van der Waals surface area contributed by atoms with Gasteiger partial charge in [0, 0.05) is 6.92 Å². The van der Waals surface area contributed by atoms with Crippen LogP contribution >= 0.6 is 11.6 Å². The molecule has 0 aromatic heterocycles. The van der Waals surface area contributed by atoms with E-state index in [0.717, 1.165) is 6.26 Å². The minimum atomic E-state index is -0.375. The first kappa shape index (κ1) is 8.28. The lowest BCUT2D eigenvalue weighted by Crippen LogP contribution is -1.88. The zero-order valence-corrected chi connectivity index (χ0v) is 6.03. The molecular weight excluding hydrogens is 140 g/mol. The molecule has 0 amide bonds. The molecule has 0 bridgehead atoms. The van der Waals surface area contributed by atoms with Gasteiger partial charge in [0.2, 0.25) is 0 Å². The SMILES string of the molecule is CC(=O)OC=C=C(C)Cl. The molecule has 0 N–H and O–H groups in total. The van der Waals surface area contributed by atoms with E-state index < -0.39 is 0 Å². The third kappa shape index (κ3) is 7.28. The first-order chi connectivity index (χ1) is 4.13. The fourth-order valence-electron chi connectivity index (χ4n) is 0.194. The van der Waals surface area contributed by atoms with E-state index in [9.17, 15) is 4.79 Å². The predicted octanol–water partition coefficient (Wildman–Crippen LogP) is 1.80. The Hall–Kier alpha value is -0.720. The van der Waals surface area contributed by atoms with Gasteiger partial charge in [0.15, 0.2) is 0 Å². The van der Waals surface area contributed by atoms with Gasteiger partial charge in [0.25, 0.3) is 0 Å². The minimum Gasteiger partial charge on any atom is -0.426 e. The number of carbonyl (C=O) groups excluding carboxylic acids is 1. The monoisotopic (exact) mass is 146 g/mol. The molecule has 0 saturated heterocycles. The number of esters is 1. The zero-order valence-electron chi connectivity index (χ0n) is 5.27. The molecule has 0 aliphatic rings. The van der Waals surface area contributed by atoms with Crippen LogP contribution in [0.1, 0.15) is 13.8 Å². The molecule has 0 aromatic rings.